The first-order valence-electron chi connectivity index (χ1n) is 10.2. The van der Waals surface area contributed by atoms with Crippen molar-refractivity contribution < 1.29 is 9.18 Å². The van der Waals surface area contributed by atoms with Crippen molar-refractivity contribution in [2.75, 3.05) is 51.7 Å². The average molecular weight is 429 g/mol. The molecule has 0 N–H and O–H groups in total. The summed E-state index contributed by atoms with van der Waals surface area (Å²) in [6, 6.07) is 12.5. The molecule has 5 nitrogen and oxygen atoms in total. The fraction of sp³-hybridized carbons (Fsp3) is 0.348. The molecule has 4 rings (SSSR count). The summed E-state index contributed by atoms with van der Waals surface area (Å²) < 4.78 is 16.2. The fourth-order valence-electron chi connectivity index (χ4n) is 3.96. The van der Waals surface area contributed by atoms with Gasteiger partial charge in [-0.3, -0.25) is 4.79 Å². The highest BCUT2D eigenvalue weighted by atomic mass is 35.5. The lowest BCUT2D eigenvalue weighted by Gasteiger charge is -2.36. The summed E-state index contributed by atoms with van der Waals surface area (Å²) in [5, 5.41) is 1.57. The van der Waals surface area contributed by atoms with Crippen LogP contribution in [0.1, 0.15) is 10.4 Å². The summed E-state index contributed by atoms with van der Waals surface area (Å²) in [6.45, 7) is 3.98. The minimum atomic E-state index is -0.224. The van der Waals surface area contributed by atoms with E-state index in [9.17, 15) is 9.18 Å². The van der Waals surface area contributed by atoms with Crippen molar-refractivity contribution in [2.45, 2.75) is 6.54 Å². The number of rotatable bonds is 5. The molecule has 0 spiro atoms. The molecule has 1 aliphatic rings. The van der Waals surface area contributed by atoms with Gasteiger partial charge in [-0.2, -0.15) is 0 Å². The van der Waals surface area contributed by atoms with Crippen molar-refractivity contribution in [2.24, 2.45) is 0 Å². The Morgan fingerprint density at radius 2 is 1.83 bits per heavy atom. The summed E-state index contributed by atoms with van der Waals surface area (Å²) in [5.41, 5.74) is 2.26. The van der Waals surface area contributed by atoms with Crippen LogP contribution >= 0.6 is 11.6 Å². The van der Waals surface area contributed by atoms with Crippen LogP contribution in [0.2, 0.25) is 5.02 Å². The highest BCUT2D eigenvalue weighted by Crippen LogP contribution is 2.27. The molecule has 0 unspecified atom stereocenters. The first-order chi connectivity index (χ1) is 14.4. The zero-order chi connectivity index (χ0) is 21.3. The monoisotopic (exact) mass is 428 g/mol. The van der Waals surface area contributed by atoms with Crippen molar-refractivity contribution in [3.05, 3.63) is 65.1 Å². The van der Waals surface area contributed by atoms with Crippen molar-refractivity contribution >= 4 is 34.1 Å². The normalized spacial score (nSPS) is 14.7. The molecule has 1 saturated heterocycles. The van der Waals surface area contributed by atoms with E-state index in [1.165, 1.54) is 6.07 Å². The van der Waals surface area contributed by atoms with Crippen LogP contribution in [0.15, 0.2) is 48.7 Å². The predicted molar refractivity (Wildman–Crippen MR) is 120 cm³/mol. The van der Waals surface area contributed by atoms with E-state index in [0.717, 1.165) is 24.0 Å². The second-order valence-electron chi connectivity index (χ2n) is 7.93. The standard InChI is InChI=1S/C23H26ClFN4O/c1-26(2)9-10-29-16-19(18-8-7-17(24)15-22(18)29)23(30)28-13-11-27(12-14-28)21-6-4-3-5-20(21)25/h3-8,15-16H,9-14H2,1-2H3. The van der Waals surface area contributed by atoms with Crippen LogP contribution in [0, 0.1) is 5.82 Å². The van der Waals surface area contributed by atoms with Gasteiger partial charge in [-0.1, -0.05) is 29.8 Å². The molecular formula is C23H26ClFN4O. The minimum absolute atomic E-state index is 0.0131. The van der Waals surface area contributed by atoms with Crippen molar-refractivity contribution in [1.29, 1.82) is 0 Å². The second kappa shape index (κ2) is 8.66. The first kappa shape index (κ1) is 20.7. The number of benzene rings is 2. The Balaban J connectivity index is 1.54. The number of piperazine rings is 1. The smallest absolute Gasteiger partial charge is 0.256 e. The molecule has 2 heterocycles. The van der Waals surface area contributed by atoms with Gasteiger partial charge in [-0.15, -0.1) is 0 Å². The third kappa shape index (κ3) is 4.16. The van der Waals surface area contributed by atoms with E-state index in [2.05, 4.69) is 9.47 Å². The summed E-state index contributed by atoms with van der Waals surface area (Å²) in [5.74, 6) is -0.211. The lowest BCUT2D eigenvalue weighted by Crippen LogP contribution is -2.49. The molecule has 0 atom stereocenters. The third-order valence-corrected chi connectivity index (χ3v) is 5.86. The third-order valence-electron chi connectivity index (χ3n) is 5.62. The van der Waals surface area contributed by atoms with E-state index in [1.54, 1.807) is 12.1 Å². The van der Waals surface area contributed by atoms with E-state index in [-0.39, 0.29) is 11.7 Å². The number of hydrogen-bond acceptors (Lipinski definition) is 3. The van der Waals surface area contributed by atoms with Gasteiger partial charge < -0.3 is 19.3 Å². The van der Waals surface area contributed by atoms with Crippen LogP contribution in [0.25, 0.3) is 10.9 Å². The van der Waals surface area contributed by atoms with Crippen molar-refractivity contribution in [3.8, 4) is 0 Å². The Morgan fingerprint density at radius 1 is 1.10 bits per heavy atom. The fourth-order valence-corrected chi connectivity index (χ4v) is 4.12. The second-order valence-corrected chi connectivity index (χ2v) is 8.37. The molecule has 0 radical (unpaired) electrons. The van der Waals surface area contributed by atoms with E-state index < -0.39 is 0 Å². The highest BCUT2D eigenvalue weighted by molar-refractivity contribution is 6.31. The van der Waals surface area contributed by atoms with Gasteiger partial charge in [0.1, 0.15) is 5.82 Å². The summed E-state index contributed by atoms with van der Waals surface area (Å²) in [6.07, 6.45) is 1.94. The average Bonchev–Trinajstić information content (AvgIpc) is 3.10. The lowest BCUT2D eigenvalue weighted by molar-refractivity contribution is 0.0748. The van der Waals surface area contributed by atoms with Crippen LogP contribution in [0.5, 0.6) is 0 Å². The number of aromatic nitrogens is 1. The van der Waals surface area contributed by atoms with E-state index in [4.69, 9.17) is 11.6 Å². The number of carbonyl (C=O) groups excluding carboxylic acids is 1. The Kier molecular flexibility index (Phi) is 5.97. The molecule has 1 aromatic heterocycles. The van der Waals surface area contributed by atoms with Gasteiger partial charge in [0.2, 0.25) is 0 Å². The van der Waals surface area contributed by atoms with Crippen molar-refractivity contribution in [3.63, 3.8) is 0 Å². The molecule has 1 amide bonds. The Hall–Kier alpha value is -2.57. The van der Waals surface area contributed by atoms with Gasteiger partial charge in [0.05, 0.1) is 16.8 Å². The first-order valence-corrected chi connectivity index (χ1v) is 10.5. The van der Waals surface area contributed by atoms with Crippen LogP contribution in [-0.4, -0.2) is 67.1 Å². The number of hydrogen-bond donors (Lipinski definition) is 0. The molecule has 0 aliphatic carbocycles. The maximum absolute atomic E-state index is 14.1. The number of nitrogens with zero attached hydrogens (tertiary/aromatic N) is 4. The number of likely N-dealkylation sites (N-methyl/N-ethyl adjacent to an activating group) is 1. The highest BCUT2D eigenvalue weighted by Gasteiger charge is 2.26. The molecule has 3 aromatic rings. The maximum atomic E-state index is 14.1. The quantitative estimate of drug-likeness (QED) is 0.616. The van der Waals surface area contributed by atoms with E-state index in [1.807, 2.05) is 54.4 Å². The topological polar surface area (TPSA) is 31.7 Å². The maximum Gasteiger partial charge on any atom is 0.256 e. The lowest BCUT2D eigenvalue weighted by atomic mass is 10.1. The predicted octanol–water partition coefficient (Wildman–Crippen LogP) is 3.96. The minimum Gasteiger partial charge on any atom is -0.366 e. The number of carbonyl (C=O) groups is 1. The molecule has 2 aromatic carbocycles. The Morgan fingerprint density at radius 3 is 2.53 bits per heavy atom. The molecule has 7 heteroatoms. The van der Waals surface area contributed by atoms with Crippen LogP contribution in [0.3, 0.4) is 0 Å². The Bertz CT molecular complexity index is 1060. The Labute approximate surface area is 181 Å². The SMILES string of the molecule is CN(C)CCn1cc(C(=O)N2CCN(c3ccccc3F)CC2)c2ccc(Cl)cc21. The van der Waals surface area contributed by atoms with Gasteiger partial charge in [-0.25, -0.2) is 4.39 Å². The number of halogens is 2. The summed E-state index contributed by atoms with van der Waals surface area (Å²) >= 11 is 6.22. The van der Waals surface area contributed by atoms with Gasteiger partial charge >= 0.3 is 0 Å². The van der Waals surface area contributed by atoms with Crippen LogP contribution in [-0.2, 0) is 6.54 Å². The van der Waals surface area contributed by atoms with Crippen LogP contribution in [0.4, 0.5) is 10.1 Å². The molecular weight excluding hydrogens is 403 g/mol. The number of amides is 1. The van der Waals surface area contributed by atoms with Gasteiger partial charge in [0, 0.05) is 55.9 Å². The number of anilines is 1. The molecule has 1 aliphatic heterocycles. The molecule has 30 heavy (non-hydrogen) atoms. The molecule has 0 saturated carbocycles. The van der Waals surface area contributed by atoms with Gasteiger partial charge in [0.25, 0.3) is 5.91 Å². The molecule has 158 valence electrons. The van der Waals surface area contributed by atoms with E-state index in [0.29, 0.717) is 42.5 Å². The zero-order valence-corrected chi connectivity index (χ0v) is 18.1. The van der Waals surface area contributed by atoms with Crippen molar-refractivity contribution in [1.82, 2.24) is 14.4 Å². The number of fused-ring (bicyclic) bond motifs is 1. The van der Waals surface area contributed by atoms with Gasteiger partial charge in [0.15, 0.2) is 0 Å². The number of para-hydroxylation sites is 1. The van der Waals surface area contributed by atoms with Gasteiger partial charge in [-0.05, 0) is 38.4 Å². The summed E-state index contributed by atoms with van der Waals surface area (Å²) in [4.78, 5) is 19.3. The largest absolute Gasteiger partial charge is 0.366 e. The summed E-state index contributed by atoms with van der Waals surface area (Å²) in [7, 11) is 4.06. The molecule has 0 bridgehead atoms. The van der Waals surface area contributed by atoms with Crippen LogP contribution < -0.4 is 4.90 Å². The van der Waals surface area contributed by atoms with E-state index >= 15 is 0 Å². The molecule has 1 fully saturated rings. The zero-order valence-electron chi connectivity index (χ0n) is 17.3.